The molecule has 2 heterocycles. The minimum absolute atomic E-state index is 0.287. The van der Waals surface area contributed by atoms with E-state index in [9.17, 15) is 9.59 Å². The first-order chi connectivity index (χ1) is 15.0. The molecule has 0 radical (unpaired) electrons. The number of benzene rings is 2. The summed E-state index contributed by atoms with van der Waals surface area (Å²) in [5.41, 5.74) is 3.36. The van der Waals surface area contributed by atoms with Crippen LogP contribution in [0, 0.1) is 0 Å². The molecule has 156 valence electrons. The Bertz CT molecular complexity index is 1260. The first kappa shape index (κ1) is 20.7. The second-order valence-electron chi connectivity index (χ2n) is 7.19. The van der Waals surface area contributed by atoms with Gasteiger partial charge in [-0.05, 0) is 48.4 Å². The number of rotatable bonds is 6. The van der Waals surface area contributed by atoms with Gasteiger partial charge < -0.3 is 14.5 Å². The van der Waals surface area contributed by atoms with Crippen molar-refractivity contribution in [3.05, 3.63) is 95.3 Å². The third-order valence-electron chi connectivity index (χ3n) is 5.21. The summed E-state index contributed by atoms with van der Waals surface area (Å²) in [5.74, 6) is -0.742. The number of ketones is 1. The molecule has 0 spiro atoms. The van der Waals surface area contributed by atoms with E-state index in [1.807, 2.05) is 67.6 Å². The molecule has 1 atom stereocenters. The number of hydrogen-bond acceptors (Lipinski definition) is 3. The predicted octanol–water partition coefficient (Wildman–Crippen LogP) is 5.33. The van der Waals surface area contributed by atoms with Crippen molar-refractivity contribution in [1.29, 1.82) is 0 Å². The number of nitrogens with zero attached hydrogens (tertiary/aromatic N) is 1. The van der Waals surface area contributed by atoms with Gasteiger partial charge in [-0.2, -0.15) is 0 Å². The van der Waals surface area contributed by atoms with E-state index in [4.69, 9.17) is 16.3 Å². The highest BCUT2D eigenvalue weighted by atomic mass is 35.5. The highest BCUT2D eigenvalue weighted by Gasteiger charge is 2.26. The van der Waals surface area contributed by atoms with Crippen LogP contribution in [-0.4, -0.2) is 23.2 Å². The van der Waals surface area contributed by atoms with E-state index >= 15 is 0 Å². The first-order valence-corrected chi connectivity index (χ1v) is 10.2. The Kier molecular flexibility index (Phi) is 5.78. The third kappa shape index (κ3) is 4.05. The zero-order valence-corrected chi connectivity index (χ0v) is 17.9. The molecule has 0 bridgehead atoms. The van der Waals surface area contributed by atoms with Gasteiger partial charge in [0.25, 0.3) is 11.7 Å². The second-order valence-corrected chi connectivity index (χ2v) is 7.59. The molecular formula is C25H21ClN2O3. The normalized spacial score (nSPS) is 11.8. The maximum Gasteiger partial charge on any atom is 0.294 e. The lowest BCUT2D eigenvalue weighted by Gasteiger charge is -2.14. The van der Waals surface area contributed by atoms with E-state index in [0.717, 1.165) is 16.6 Å². The highest BCUT2D eigenvalue weighted by Crippen LogP contribution is 2.34. The molecule has 31 heavy (non-hydrogen) atoms. The number of pyridine rings is 1. The minimum atomic E-state index is -0.666. The van der Waals surface area contributed by atoms with Crippen molar-refractivity contribution in [2.75, 3.05) is 7.11 Å². The number of amides is 1. The van der Waals surface area contributed by atoms with Crippen molar-refractivity contribution < 1.29 is 14.3 Å². The van der Waals surface area contributed by atoms with Gasteiger partial charge in [0.1, 0.15) is 11.4 Å². The summed E-state index contributed by atoms with van der Waals surface area (Å²) >= 11 is 6.31. The van der Waals surface area contributed by atoms with Gasteiger partial charge in [-0.25, -0.2) is 0 Å². The summed E-state index contributed by atoms with van der Waals surface area (Å²) < 4.78 is 6.95. The number of aromatic nitrogens is 1. The molecule has 0 unspecified atom stereocenters. The molecule has 1 N–H and O–H groups in total. The van der Waals surface area contributed by atoms with Gasteiger partial charge in [0.15, 0.2) is 0 Å². The average molecular weight is 433 g/mol. The summed E-state index contributed by atoms with van der Waals surface area (Å²) in [6.45, 7) is 1.85. The number of carbonyl (C=O) groups is 2. The Balaban J connectivity index is 1.74. The predicted molar refractivity (Wildman–Crippen MR) is 122 cm³/mol. The number of Topliss-reactive ketones (excluding diaryl/α,β-unsaturated/α-hetero) is 1. The van der Waals surface area contributed by atoms with E-state index in [-0.39, 0.29) is 11.7 Å². The van der Waals surface area contributed by atoms with Gasteiger partial charge in [-0.1, -0.05) is 54.1 Å². The van der Waals surface area contributed by atoms with Gasteiger partial charge in [-0.3, -0.25) is 9.59 Å². The van der Waals surface area contributed by atoms with Crippen LogP contribution in [0.1, 0.15) is 29.0 Å². The highest BCUT2D eigenvalue weighted by molar-refractivity contribution is 6.43. The summed E-state index contributed by atoms with van der Waals surface area (Å²) in [6.07, 6.45) is 1.77. The summed E-state index contributed by atoms with van der Waals surface area (Å²) in [6, 6.07) is 22.0. The van der Waals surface area contributed by atoms with Crippen LogP contribution >= 0.6 is 11.6 Å². The monoisotopic (exact) mass is 432 g/mol. The molecule has 1 amide bonds. The Hall–Kier alpha value is -3.57. The standard InChI is InChI=1S/C25H21ClN2O3/c1-16(17-8-4-3-5-9-17)27-25(30)24(29)23-20(15-19-10-6-7-13-28(19)23)18-11-12-22(31-2)21(26)14-18/h3-16H,1-2H3,(H,27,30)/t16-/m0/s1. The SMILES string of the molecule is COc1ccc(-c2cc3ccccn3c2C(=O)C(=O)N[C@@H](C)c2ccccc2)cc1Cl. The zero-order chi connectivity index (χ0) is 22.0. The van der Waals surface area contributed by atoms with Gasteiger partial charge in [0, 0.05) is 17.3 Å². The molecule has 4 aromatic rings. The number of hydrogen-bond donors (Lipinski definition) is 1. The van der Waals surface area contributed by atoms with Gasteiger partial charge in [0.2, 0.25) is 0 Å². The van der Waals surface area contributed by atoms with Gasteiger partial charge >= 0.3 is 0 Å². The quantitative estimate of drug-likeness (QED) is 0.331. The van der Waals surface area contributed by atoms with Crippen molar-refractivity contribution >= 4 is 28.8 Å². The summed E-state index contributed by atoms with van der Waals surface area (Å²) in [5, 5.41) is 3.24. The molecular weight excluding hydrogens is 412 g/mol. The van der Waals surface area contributed by atoms with Crippen molar-refractivity contribution in [3.63, 3.8) is 0 Å². The van der Waals surface area contributed by atoms with E-state index < -0.39 is 11.7 Å². The van der Waals surface area contributed by atoms with Crippen molar-refractivity contribution in [2.24, 2.45) is 0 Å². The van der Waals surface area contributed by atoms with Crippen molar-refractivity contribution in [3.8, 4) is 16.9 Å². The van der Waals surface area contributed by atoms with Crippen LogP contribution in [-0.2, 0) is 4.79 Å². The lowest BCUT2D eigenvalue weighted by atomic mass is 10.0. The topological polar surface area (TPSA) is 59.8 Å². The van der Waals surface area contributed by atoms with Crippen LogP contribution < -0.4 is 10.1 Å². The molecule has 0 aliphatic carbocycles. The maximum absolute atomic E-state index is 13.3. The van der Waals surface area contributed by atoms with Crippen LogP contribution in [0.15, 0.2) is 79.0 Å². The fourth-order valence-electron chi connectivity index (χ4n) is 3.60. The van der Waals surface area contributed by atoms with Crippen molar-refractivity contribution in [2.45, 2.75) is 13.0 Å². The van der Waals surface area contributed by atoms with Gasteiger partial charge in [-0.15, -0.1) is 0 Å². The summed E-state index contributed by atoms with van der Waals surface area (Å²) in [4.78, 5) is 26.2. The molecule has 2 aromatic heterocycles. The molecule has 6 heteroatoms. The smallest absolute Gasteiger partial charge is 0.294 e. The van der Waals surface area contributed by atoms with Crippen LogP contribution in [0.2, 0.25) is 5.02 Å². The van der Waals surface area contributed by atoms with E-state index in [1.165, 1.54) is 0 Å². The number of carbonyl (C=O) groups excluding carboxylic acids is 2. The average Bonchev–Trinajstić information content (AvgIpc) is 3.18. The summed E-state index contributed by atoms with van der Waals surface area (Å²) in [7, 11) is 1.54. The number of nitrogens with one attached hydrogen (secondary N) is 1. The largest absolute Gasteiger partial charge is 0.495 e. The Morgan fingerprint density at radius 2 is 1.74 bits per heavy atom. The fraction of sp³-hybridized carbons (Fsp3) is 0.120. The molecule has 4 rings (SSSR count). The Morgan fingerprint density at radius 3 is 2.45 bits per heavy atom. The molecule has 0 saturated carbocycles. The number of ether oxygens (including phenoxy) is 1. The molecule has 5 nitrogen and oxygen atoms in total. The lowest BCUT2D eigenvalue weighted by molar-refractivity contribution is -0.117. The molecule has 2 aromatic carbocycles. The van der Waals surface area contributed by atoms with E-state index in [1.54, 1.807) is 29.8 Å². The van der Waals surface area contributed by atoms with Crippen LogP contribution in [0.4, 0.5) is 0 Å². The number of fused-ring (bicyclic) bond motifs is 1. The maximum atomic E-state index is 13.3. The first-order valence-electron chi connectivity index (χ1n) is 9.83. The second kappa shape index (κ2) is 8.66. The zero-order valence-electron chi connectivity index (χ0n) is 17.1. The molecule has 0 aliphatic rings. The number of methoxy groups -OCH3 is 1. The molecule has 0 aliphatic heterocycles. The van der Waals surface area contributed by atoms with Crippen LogP contribution in [0.3, 0.4) is 0 Å². The Labute approximate surface area is 185 Å². The third-order valence-corrected chi connectivity index (χ3v) is 5.51. The van der Waals surface area contributed by atoms with Crippen molar-refractivity contribution in [1.82, 2.24) is 9.72 Å². The molecule has 0 fully saturated rings. The fourth-order valence-corrected chi connectivity index (χ4v) is 3.86. The van der Waals surface area contributed by atoms with Crippen LogP contribution in [0.5, 0.6) is 5.75 Å². The molecule has 0 saturated heterocycles. The van der Waals surface area contributed by atoms with Crippen LogP contribution in [0.25, 0.3) is 16.6 Å². The van der Waals surface area contributed by atoms with Gasteiger partial charge in [0.05, 0.1) is 18.2 Å². The Morgan fingerprint density at radius 1 is 1.00 bits per heavy atom. The van der Waals surface area contributed by atoms with E-state index in [0.29, 0.717) is 16.3 Å². The van der Waals surface area contributed by atoms with E-state index in [2.05, 4.69) is 5.32 Å². The number of halogens is 1. The minimum Gasteiger partial charge on any atom is -0.495 e. The lowest BCUT2D eigenvalue weighted by Crippen LogP contribution is -2.34.